The quantitative estimate of drug-likeness (QED) is 0.502. The molecule has 1 saturated carbocycles. The standard InChI is InChI=1S/C26H26BrN3O2/c1-32-21-10-9-17-16-29(26(11-12-26)15-18(17)13-21)25(31)24-22-7-2-3-8-23(22)30(28-24)20-6-4-5-19(27)14-20/h4-6,9-10,13-14H,2-3,7-8,11-12,15-16H2,1H3. The summed E-state index contributed by atoms with van der Waals surface area (Å²) < 4.78 is 8.46. The largest absolute Gasteiger partial charge is 0.497 e. The number of fused-ring (bicyclic) bond motifs is 2. The van der Waals surface area contributed by atoms with Gasteiger partial charge in [0.15, 0.2) is 5.69 Å². The van der Waals surface area contributed by atoms with Gasteiger partial charge >= 0.3 is 0 Å². The minimum Gasteiger partial charge on any atom is -0.497 e. The number of nitrogens with zero attached hydrogens (tertiary/aromatic N) is 3. The molecule has 32 heavy (non-hydrogen) atoms. The van der Waals surface area contributed by atoms with Crippen LogP contribution in [-0.2, 0) is 25.8 Å². The molecule has 3 aromatic rings. The molecule has 0 bridgehead atoms. The Morgan fingerprint density at radius 3 is 2.72 bits per heavy atom. The second-order valence-electron chi connectivity index (χ2n) is 9.30. The highest BCUT2D eigenvalue weighted by molar-refractivity contribution is 9.10. The van der Waals surface area contributed by atoms with Gasteiger partial charge in [-0.05, 0) is 86.4 Å². The van der Waals surface area contributed by atoms with Gasteiger partial charge in [0.05, 0.1) is 12.8 Å². The highest BCUT2D eigenvalue weighted by atomic mass is 79.9. The molecule has 1 amide bonds. The van der Waals surface area contributed by atoms with Crippen LogP contribution >= 0.6 is 15.9 Å². The number of benzene rings is 2. The topological polar surface area (TPSA) is 47.4 Å². The molecule has 5 nitrogen and oxygen atoms in total. The predicted octanol–water partition coefficient (Wildman–Crippen LogP) is 5.25. The summed E-state index contributed by atoms with van der Waals surface area (Å²) in [4.78, 5) is 16.1. The number of aromatic nitrogens is 2. The number of ether oxygens (including phenoxy) is 1. The molecule has 1 aliphatic heterocycles. The summed E-state index contributed by atoms with van der Waals surface area (Å²) in [6, 6.07) is 14.4. The van der Waals surface area contributed by atoms with Crippen LogP contribution in [0.5, 0.6) is 5.75 Å². The average Bonchev–Trinajstić information content (AvgIpc) is 3.46. The lowest BCUT2D eigenvalue weighted by Crippen LogP contribution is -2.46. The molecule has 164 valence electrons. The van der Waals surface area contributed by atoms with Crippen LogP contribution in [0, 0.1) is 0 Å². The fourth-order valence-electron chi connectivity index (χ4n) is 5.43. The minimum atomic E-state index is -0.0580. The molecule has 0 radical (unpaired) electrons. The number of rotatable bonds is 3. The van der Waals surface area contributed by atoms with Crippen molar-refractivity contribution in [3.63, 3.8) is 0 Å². The van der Waals surface area contributed by atoms with Gasteiger partial charge in [-0.3, -0.25) is 4.79 Å². The summed E-state index contributed by atoms with van der Waals surface area (Å²) in [5, 5.41) is 4.94. The monoisotopic (exact) mass is 491 g/mol. The Morgan fingerprint density at radius 1 is 1.09 bits per heavy atom. The van der Waals surface area contributed by atoms with Crippen molar-refractivity contribution in [2.24, 2.45) is 0 Å². The fraction of sp³-hybridized carbons (Fsp3) is 0.385. The predicted molar refractivity (Wildman–Crippen MR) is 126 cm³/mol. The zero-order valence-electron chi connectivity index (χ0n) is 18.2. The normalized spacial score (nSPS) is 18.2. The first kappa shape index (κ1) is 20.0. The van der Waals surface area contributed by atoms with Gasteiger partial charge in [-0.15, -0.1) is 0 Å². The molecule has 6 rings (SSSR count). The van der Waals surface area contributed by atoms with Crippen molar-refractivity contribution < 1.29 is 9.53 Å². The zero-order chi connectivity index (χ0) is 21.9. The SMILES string of the molecule is COc1ccc2c(c1)CC1(CC1)N(C(=O)c1nn(-c3cccc(Br)c3)c3c1CCCC3)C2. The average molecular weight is 492 g/mol. The number of hydrogen-bond donors (Lipinski definition) is 0. The smallest absolute Gasteiger partial charge is 0.275 e. The Balaban J connectivity index is 1.40. The molecule has 1 spiro atoms. The molecule has 0 saturated heterocycles. The van der Waals surface area contributed by atoms with Gasteiger partial charge in [-0.25, -0.2) is 4.68 Å². The van der Waals surface area contributed by atoms with E-state index in [1.54, 1.807) is 7.11 Å². The van der Waals surface area contributed by atoms with Gasteiger partial charge in [0.2, 0.25) is 0 Å². The van der Waals surface area contributed by atoms with E-state index in [4.69, 9.17) is 9.84 Å². The van der Waals surface area contributed by atoms with Crippen molar-refractivity contribution in [2.45, 2.75) is 57.0 Å². The molecule has 2 aromatic carbocycles. The van der Waals surface area contributed by atoms with Crippen LogP contribution in [0.2, 0.25) is 0 Å². The van der Waals surface area contributed by atoms with Gasteiger partial charge in [0, 0.05) is 27.8 Å². The summed E-state index contributed by atoms with van der Waals surface area (Å²) in [6.07, 6.45) is 7.18. The van der Waals surface area contributed by atoms with E-state index in [-0.39, 0.29) is 11.4 Å². The summed E-state index contributed by atoms with van der Waals surface area (Å²) in [7, 11) is 1.71. The first-order valence-corrected chi connectivity index (χ1v) is 12.2. The molecule has 6 heteroatoms. The van der Waals surface area contributed by atoms with Crippen LogP contribution < -0.4 is 4.74 Å². The highest BCUT2D eigenvalue weighted by Gasteiger charge is 2.53. The van der Waals surface area contributed by atoms with Crippen molar-refractivity contribution in [3.8, 4) is 11.4 Å². The second-order valence-corrected chi connectivity index (χ2v) is 10.2. The Labute approximate surface area is 196 Å². The summed E-state index contributed by atoms with van der Waals surface area (Å²) in [5.74, 6) is 0.983. The Bertz CT molecular complexity index is 1230. The lowest BCUT2D eigenvalue weighted by atomic mass is 9.90. The van der Waals surface area contributed by atoms with Gasteiger partial charge < -0.3 is 9.64 Å². The van der Waals surface area contributed by atoms with E-state index in [1.165, 1.54) is 16.8 Å². The Hall–Kier alpha value is -2.60. The van der Waals surface area contributed by atoms with Gasteiger partial charge in [0.1, 0.15) is 5.75 Å². The molecule has 1 fully saturated rings. The number of methoxy groups -OCH3 is 1. The van der Waals surface area contributed by atoms with Crippen LogP contribution in [0.1, 0.15) is 58.6 Å². The lowest BCUT2D eigenvalue weighted by Gasteiger charge is -2.37. The fourth-order valence-corrected chi connectivity index (χ4v) is 5.82. The van der Waals surface area contributed by atoms with E-state index in [0.29, 0.717) is 12.2 Å². The Morgan fingerprint density at radius 2 is 1.94 bits per heavy atom. The summed E-state index contributed by atoms with van der Waals surface area (Å²) in [5.41, 5.74) is 6.49. The van der Waals surface area contributed by atoms with Crippen molar-refractivity contribution in [1.82, 2.24) is 14.7 Å². The van der Waals surface area contributed by atoms with E-state index in [9.17, 15) is 4.79 Å². The number of halogens is 1. The molecule has 0 N–H and O–H groups in total. The summed E-state index contributed by atoms with van der Waals surface area (Å²) >= 11 is 3.58. The van der Waals surface area contributed by atoms with Crippen LogP contribution in [0.4, 0.5) is 0 Å². The minimum absolute atomic E-state index is 0.0580. The van der Waals surface area contributed by atoms with E-state index in [2.05, 4.69) is 45.1 Å². The van der Waals surface area contributed by atoms with Crippen LogP contribution in [-0.4, -0.2) is 33.2 Å². The van der Waals surface area contributed by atoms with Crippen LogP contribution in [0.25, 0.3) is 5.69 Å². The number of carbonyl (C=O) groups is 1. The third kappa shape index (κ3) is 3.19. The first-order chi connectivity index (χ1) is 15.6. The van der Waals surface area contributed by atoms with Gasteiger partial charge in [-0.2, -0.15) is 5.10 Å². The van der Waals surface area contributed by atoms with Gasteiger partial charge in [0.25, 0.3) is 5.91 Å². The maximum absolute atomic E-state index is 14.0. The van der Waals surface area contributed by atoms with Crippen molar-refractivity contribution in [3.05, 3.63) is 75.0 Å². The number of amides is 1. The van der Waals surface area contributed by atoms with E-state index >= 15 is 0 Å². The van der Waals surface area contributed by atoms with Crippen molar-refractivity contribution >= 4 is 21.8 Å². The van der Waals surface area contributed by atoms with Gasteiger partial charge in [-0.1, -0.05) is 28.1 Å². The molecular weight excluding hydrogens is 466 g/mol. The third-order valence-corrected chi connectivity index (χ3v) is 7.84. The maximum atomic E-state index is 14.0. The number of hydrogen-bond acceptors (Lipinski definition) is 3. The molecule has 0 atom stereocenters. The highest BCUT2D eigenvalue weighted by Crippen LogP contribution is 2.49. The molecule has 1 aromatic heterocycles. The van der Waals surface area contributed by atoms with E-state index in [1.807, 2.05) is 22.9 Å². The van der Waals surface area contributed by atoms with Crippen molar-refractivity contribution in [2.75, 3.05) is 7.11 Å². The van der Waals surface area contributed by atoms with E-state index < -0.39 is 0 Å². The van der Waals surface area contributed by atoms with Crippen molar-refractivity contribution in [1.29, 1.82) is 0 Å². The zero-order valence-corrected chi connectivity index (χ0v) is 19.8. The second kappa shape index (κ2) is 7.48. The van der Waals surface area contributed by atoms with E-state index in [0.717, 1.165) is 66.4 Å². The van der Waals surface area contributed by atoms with Crippen LogP contribution in [0.15, 0.2) is 46.9 Å². The molecule has 0 unspecified atom stereocenters. The Kier molecular flexibility index (Phi) is 4.68. The lowest BCUT2D eigenvalue weighted by molar-refractivity contribution is 0.0597. The summed E-state index contributed by atoms with van der Waals surface area (Å²) in [6.45, 7) is 0.649. The molecule has 2 heterocycles. The third-order valence-electron chi connectivity index (χ3n) is 7.34. The maximum Gasteiger partial charge on any atom is 0.275 e. The molecule has 3 aliphatic rings. The molecule has 2 aliphatic carbocycles. The molecular formula is C26H26BrN3O2. The van der Waals surface area contributed by atoms with Crippen LogP contribution in [0.3, 0.4) is 0 Å². The first-order valence-electron chi connectivity index (χ1n) is 11.4. The number of carbonyl (C=O) groups excluding carboxylic acids is 1.